The van der Waals surface area contributed by atoms with Gasteiger partial charge in [-0.25, -0.2) is 0 Å². The van der Waals surface area contributed by atoms with Crippen LogP contribution in [-0.2, 0) is 4.74 Å². The Bertz CT molecular complexity index is 117. The van der Waals surface area contributed by atoms with Crippen LogP contribution in [0.4, 0.5) is 0 Å². The summed E-state index contributed by atoms with van der Waals surface area (Å²) in [5.41, 5.74) is 0. The fraction of sp³-hybridized carbons (Fsp3) is 1.00. The van der Waals surface area contributed by atoms with E-state index in [1.807, 2.05) is 0 Å². The molecule has 2 atom stereocenters. The van der Waals surface area contributed by atoms with Crippen LogP contribution in [-0.4, -0.2) is 44.9 Å². The Kier molecular flexibility index (Phi) is 3.30. The van der Waals surface area contributed by atoms with Crippen molar-refractivity contribution in [2.75, 3.05) is 27.7 Å². The van der Waals surface area contributed by atoms with E-state index in [4.69, 9.17) is 4.74 Å². The summed E-state index contributed by atoms with van der Waals surface area (Å²) in [5.74, 6) is 0. The molecule has 0 aromatic rings. The Labute approximate surface area is 68.7 Å². The summed E-state index contributed by atoms with van der Waals surface area (Å²) in [5, 5.41) is 3.34. The van der Waals surface area contributed by atoms with E-state index in [2.05, 4.69) is 24.3 Å². The second-order valence-corrected chi connectivity index (χ2v) is 3.28. The van der Waals surface area contributed by atoms with Gasteiger partial charge in [-0.15, -0.1) is 0 Å². The first kappa shape index (κ1) is 8.97. The van der Waals surface area contributed by atoms with Crippen LogP contribution in [0.25, 0.3) is 0 Å². The summed E-state index contributed by atoms with van der Waals surface area (Å²) in [4.78, 5) is 2.22. The van der Waals surface area contributed by atoms with E-state index in [-0.39, 0.29) is 6.23 Å². The van der Waals surface area contributed by atoms with E-state index in [0.29, 0.717) is 6.04 Å². The largest absolute Gasteiger partial charge is 0.365 e. The predicted octanol–water partition coefficient (Wildman–Crippen LogP) is 0.272. The lowest BCUT2D eigenvalue weighted by Gasteiger charge is -2.35. The Morgan fingerprint density at radius 1 is 1.45 bits per heavy atom. The zero-order chi connectivity index (χ0) is 8.27. The number of likely N-dealkylation sites (N-methyl/N-ethyl adjacent to an activating group) is 1. The Hall–Kier alpha value is -0.120. The molecule has 1 fully saturated rings. The third-order valence-corrected chi connectivity index (χ3v) is 2.29. The summed E-state index contributed by atoms with van der Waals surface area (Å²) in [6.45, 7) is 1.09. The van der Waals surface area contributed by atoms with Gasteiger partial charge in [0.25, 0.3) is 0 Å². The van der Waals surface area contributed by atoms with Gasteiger partial charge in [0, 0.05) is 13.2 Å². The number of ether oxygens (including phenoxy) is 1. The van der Waals surface area contributed by atoms with Crippen molar-refractivity contribution in [3.8, 4) is 0 Å². The minimum atomic E-state index is 0.221. The lowest BCUT2D eigenvalue weighted by atomic mass is 10.1. The highest BCUT2D eigenvalue weighted by atomic mass is 16.5. The molecule has 1 N–H and O–H groups in total. The van der Waals surface area contributed by atoms with Gasteiger partial charge in [0.2, 0.25) is 0 Å². The van der Waals surface area contributed by atoms with Crippen LogP contribution in [0.1, 0.15) is 12.8 Å². The second-order valence-electron chi connectivity index (χ2n) is 3.28. The van der Waals surface area contributed by atoms with Crippen molar-refractivity contribution >= 4 is 0 Å². The third-order valence-electron chi connectivity index (χ3n) is 2.29. The van der Waals surface area contributed by atoms with Crippen molar-refractivity contribution in [3.63, 3.8) is 0 Å². The maximum Gasteiger partial charge on any atom is 0.123 e. The van der Waals surface area contributed by atoms with Crippen LogP contribution < -0.4 is 5.32 Å². The topological polar surface area (TPSA) is 24.5 Å². The maximum atomic E-state index is 5.31. The van der Waals surface area contributed by atoms with Crippen LogP contribution in [0, 0.1) is 0 Å². The van der Waals surface area contributed by atoms with E-state index in [9.17, 15) is 0 Å². The van der Waals surface area contributed by atoms with Gasteiger partial charge in [0.1, 0.15) is 6.23 Å². The van der Waals surface area contributed by atoms with Crippen LogP contribution in [0.2, 0.25) is 0 Å². The molecule has 1 saturated heterocycles. The van der Waals surface area contributed by atoms with Crippen LogP contribution >= 0.6 is 0 Å². The number of nitrogens with zero attached hydrogens (tertiary/aromatic N) is 1. The molecule has 0 saturated carbocycles. The van der Waals surface area contributed by atoms with Crippen molar-refractivity contribution in [1.29, 1.82) is 0 Å². The van der Waals surface area contributed by atoms with Crippen molar-refractivity contribution in [1.82, 2.24) is 10.2 Å². The molecule has 2 unspecified atom stereocenters. The molecule has 0 aromatic carbocycles. The van der Waals surface area contributed by atoms with Crippen molar-refractivity contribution < 1.29 is 4.74 Å². The number of piperidine rings is 1. The summed E-state index contributed by atoms with van der Waals surface area (Å²) >= 11 is 0. The highest BCUT2D eigenvalue weighted by Crippen LogP contribution is 2.13. The number of methoxy groups -OCH3 is 1. The molecule has 3 nitrogen and oxygen atoms in total. The third kappa shape index (κ3) is 2.15. The first-order valence-electron chi connectivity index (χ1n) is 4.18. The van der Waals surface area contributed by atoms with Crippen LogP contribution in [0.15, 0.2) is 0 Å². The van der Waals surface area contributed by atoms with Gasteiger partial charge in [0.05, 0.1) is 0 Å². The smallest absolute Gasteiger partial charge is 0.123 e. The monoisotopic (exact) mass is 158 g/mol. The number of rotatable bonds is 2. The SMILES string of the molecule is COC1NCCCC1N(C)C. The van der Waals surface area contributed by atoms with Crippen molar-refractivity contribution in [3.05, 3.63) is 0 Å². The summed E-state index contributed by atoms with van der Waals surface area (Å²) in [6, 6.07) is 0.536. The first-order valence-corrected chi connectivity index (χ1v) is 4.18. The van der Waals surface area contributed by atoms with E-state index in [1.54, 1.807) is 7.11 Å². The number of hydrogen-bond donors (Lipinski definition) is 1. The number of nitrogens with one attached hydrogen (secondary N) is 1. The molecule has 3 heteroatoms. The molecule has 1 rings (SSSR count). The van der Waals surface area contributed by atoms with E-state index < -0.39 is 0 Å². The number of hydrogen-bond acceptors (Lipinski definition) is 3. The van der Waals surface area contributed by atoms with Crippen molar-refractivity contribution in [2.24, 2.45) is 0 Å². The van der Waals surface area contributed by atoms with E-state index in [0.717, 1.165) is 6.54 Å². The van der Waals surface area contributed by atoms with Crippen molar-refractivity contribution in [2.45, 2.75) is 25.1 Å². The molecule has 1 aliphatic heterocycles. The highest BCUT2D eigenvalue weighted by Gasteiger charge is 2.25. The van der Waals surface area contributed by atoms with Gasteiger partial charge in [-0.2, -0.15) is 0 Å². The van der Waals surface area contributed by atoms with Gasteiger partial charge in [-0.3, -0.25) is 5.32 Å². The Morgan fingerprint density at radius 2 is 2.18 bits per heavy atom. The molecule has 0 bridgehead atoms. The van der Waals surface area contributed by atoms with E-state index >= 15 is 0 Å². The minimum absolute atomic E-state index is 0.221. The van der Waals surface area contributed by atoms with Gasteiger partial charge < -0.3 is 9.64 Å². The minimum Gasteiger partial charge on any atom is -0.365 e. The predicted molar refractivity (Wildman–Crippen MR) is 45.5 cm³/mol. The normalized spacial score (nSPS) is 32.7. The molecule has 11 heavy (non-hydrogen) atoms. The molecule has 0 aromatic heterocycles. The quantitative estimate of drug-likeness (QED) is 0.624. The zero-order valence-corrected chi connectivity index (χ0v) is 7.63. The maximum absolute atomic E-state index is 5.31. The van der Waals surface area contributed by atoms with Crippen LogP contribution in [0.5, 0.6) is 0 Å². The van der Waals surface area contributed by atoms with Crippen LogP contribution in [0.3, 0.4) is 0 Å². The van der Waals surface area contributed by atoms with Gasteiger partial charge in [0.15, 0.2) is 0 Å². The average Bonchev–Trinajstić information content (AvgIpc) is 2.04. The highest BCUT2D eigenvalue weighted by molar-refractivity contribution is 4.79. The summed E-state index contributed by atoms with van der Waals surface area (Å²) < 4.78 is 5.31. The summed E-state index contributed by atoms with van der Waals surface area (Å²) in [7, 11) is 5.97. The average molecular weight is 158 g/mol. The standard InChI is InChI=1S/C8H18N2O/c1-10(2)7-5-4-6-9-8(7)11-3/h7-9H,4-6H2,1-3H3. The molecule has 0 amide bonds. The Morgan fingerprint density at radius 3 is 2.64 bits per heavy atom. The van der Waals surface area contributed by atoms with Gasteiger partial charge in [-0.1, -0.05) is 0 Å². The molecule has 0 aliphatic carbocycles. The van der Waals surface area contributed by atoms with E-state index in [1.165, 1.54) is 12.8 Å². The molecule has 1 aliphatic rings. The Balaban J connectivity index is 2.44. The second kappa shape index (κ2) is 4.04. The molecular formula is C8H18N2O. The fourth-order valence-corrected chi connectivity index (χ4v) is 1.61. The molecular weight excluding hydrogens is 140 g/mol. The molecule has 66 valence electrons. The fourth-order valence-electron chi connectivity index (χ4n) is 1.61. The zero-order valence-electron chi connectivity index (χ0n) is 7.63. The lowest BCUT2D eigenvalue weighted by molar-refractivity contribution is -0.00928. The molecule has 1 heterocycles. The van der Waals surface area contributed by atoms with Gasteiger partial charge >= 0.3 is 0 Å². The molecule has 0 spiro atoms. The summed E-state index contributed by atoms with van der Waals surface area (Å²) in [6.07, 6.45) is 2.71. The molecule has 0 radical (unpaired) electrons. The van der Waals surface area contributed by atoms with Gasteiger partial charge in [-0.05, 0) is 33.5 Å². The lowest BCUT2D eigenvalue weighted by Crippen LogP contribution is -2.52. The first-order chi connectivity index (χ1) is 5.25.